The molecule has 1 aliphatic rings. The molecule has 0 atom stereocenters. The SMILES string of the molecule is O=S(=O)(Nc1ccc(Cl)cc1F)c1ccc(-c2cnc(C3CC3)o2)s1. The van der Waals surface area contributed by atoms with E-state index in [1.807, 2.05) is 0 Å². The second-order valence-electron chi connectivity index (χ2n) is 5.69. The van der Waals surface area contributed by atoms with Crippen LogP contribution in [0, 0.1) is 5.82 Å². The van der Waals surface area contributed by atoms with Gasteiger partial charge in [-0.25, -0.2) is 17.8 Å². The van der Waals surface area contributed by atoms with E-state index in [2.05, 4.69) is 9.71 Å². The molecule has 2 heterocycles. The number of rotatable bonds is 5. The number of nitrogens with one attached hydrogen (secondary N) is 1. The van der Waals surface area contributed by atoms with E-state index in [0.717, 1.165) is 30.2 Å². The fraction of sp³-hybridized carbons (Fsp3) is 0.188. The second-order valence-corrected chi connectivity index (χ2v) is 9.11. The van der Waals surface area contributed by atoms with Gasteiger partial charge in [0, 0.05) is 10.9 Å². The number of aromatic nitrogens is 1. The van der Waals surface area contributed by atoms with Crippen LogP contribution in [0.4, 0.5) is 10.1 Å². The van der Waals surface area contributed by atoms with E-state index < -0.39 is 15.8 Å². The Kier molecular flexibility index (Phi) is 4.05. The summed E-state index contributed by atoms with van der Waals surface area (Å²) in [6, 6.07) is 6.84. The predicted octanol–water partition coefficient (Wildman–Crippen LogP) is 4.87. The Morgan fingerprint density at radius 2 is 2.08 bits per heavy atom. The Morgan fingerprint density at radius 1 is 1.28 bits per heavy atom. The van der Waals surface area contributed by atoms with E-state index in [9.17, 15) is 12.8 Å². The minimum absolute atomic E-state index is 0.0567. The monoisotopic (exact) mass is 398 g/mol. The molecule has 0 saturated heterocycles. The number of oxazole rings is 1. The Morgan fingerprint density at radius 3 is 2.80 bits per heavy atom. The van der Waals surface area contributed by atoms with Crippen molar-refractivity contribution in [1.82, 2.24) is 4.98 Å². The van der Waals surface area contributed by atoms with Gasteiger partial charge in [0.25, 0.3) is 10.0 Å². The number of sulfonamides is 1. The molecule has 1 N–H and O–H groups in total. The Hall–Kier alpha value is -1.90. The molecular formula is C16H12ClFN2O3S2. The standard InChI is InChI=1S/C16H12ClFN2O3S2/c17-10-3-4-12(11(18)7-10)20-25(21,22)15-6-5-14(24-15)13-8-19-16(23-13)9-1-2-9/h3-9,20H,1-2H2. The van der Waals surface area contributed by atoms with Gasteiger partial charge < -0.3 is 4.42 Å². The fourth-order valence-corrected chi connectivity index (χ4v) is 4.76. The molecule has 0 amide bonds. The molecule has 4 rings (SSSR count). The van der Waals surface area contributed by atoms with E-state index in [-0.39, 0.29) is 14.9 Å². The molecule has 5 nitrogen and oxygen atoms in total. The molecule has 3 aromatic rings. The average Bonchev–Trinajstić information content (AvgIpc) is 3.09. The summed E-state index contributed by atoms with van der Waals surface area (Å²) in [5.41, 5.74) is -0.157. The Balaban J connectivity index is 1.59. The first-order valence-electron chi connectivity index (χ1n) is 7.46. The van der Waals surface area contributed by atoms with Crippen molar-refractivity contribution in [2.24, 2.45) is 0 Å². The first-order chi connectivity index (χ1) is 11.9. The average molecular weight is 399 g/mol. The van der Waals surface area contributed by atoms with Crippen molar-refractivity contribution < 1.29 is 17.2 Å². The van der Waals surface area contributed by atoms with Gasteiger partial charge in [-0.05, 0) is 43.2 Å². The Bertz CT molecular complexity index is 1040. The lowest BCUT2D eigenvalue weighted by atomic mass is 10.3. The van der Waals surface area contributed by atoms with Crippen LogP contribution < -0.4 is 4.72 Å². The largest absolute Gasteiger partial charge is 0.440 e. The zero-order chi connectivity index (χ0) is 17.6. The van der Waals surface area contributed by atoms with Crippen LogP contribution in [0.5, 0.6) is 0 Å². The maximum atomic E-state index is 13.8. The van der Waals surface area contributed by atoms with Gasteiger partial charge in [-0.1, -0.05) is 11.6 Å². The van der Waals surface area contributed by atoms with Crippen LogP contribution in [0.25, 0.3) is 10.6 Å². The van der Waals surface area contributed by atoms with Crippen LogP contribution in [0.2, 0.25) is 5.02 Å². The third kappa shape index (κ3) is 3.42. The maximum absolute atomic E-state index is 13.8. The van der Waals surface area contributed by atoms with Crippen molar-refractivity contribution in [3.8, 4) is 10.6 Å². The van der Waals surface area contributed by atoms with Gasteiger partial charge in [-0.15, -0.1) is 11.3 Å². The highest BCUT2D eigenvalue weighted by atomic mass is 35.5. The van der Waals surface area contributed by atoms with E-state index in [0.29, 0.717) is 22.4 Å². The molecule has 0 aliphatic heterocycles. The van der Waals surface area contributed by atoms with Crippen LogP contribution in [0.1, 0.15) is 24.7 Å². The van der Waals surface area contributed by atoms with Crippen LogP contribution in [-0.2, 0) is 10.0 Å². The third-order valence-electron chi connectivity index (χ3n) is 3.71. The number of anilines is 1. The molecule has 2 aromatic heterocycles. The minimum Gasteiger partial charge on any atom is -0.440 e. The summed E-state index contributed by atoms with van der Waals surface area (Å²) in [4.78, 5) is 4.88. The molecule has 0 radical (unpaired) electrons. The zero-order valence-corrected chi connectivity index (χ0v) is 15.1. The third-order valence-corrected chi connectivity index (χ3v) is 6.91. The van der Waals surface area contributed by atoms with Crippen molar-refractivity contribution in [3.05, 3.63) is 53.3 Å². The summed E-state index contributed by atoms with van der Waals surface area (Å²) < 4.78 is 46.7. The number of thiophene rings is 1. The molecule has 1 aliphatic carbocycles. The predicted molar refractivity (Wildman–Crippen MR) is 94.0 cm³/mol. The molecule has 0 unspecified atom stereocenters. The van der Waals surface area contributed by atoms with Crippen LogP contribution in [0.3, 0.4) is 0 Å². The van der Waals surface area contributed by atoms with Crippen molar-refractivity contribution >= 4 is 38.6 Å². The maximum Gasteiger partial charge on any atom is 0.271 e. The smallest absolute Gasteiger partial charge is 0.271 e. The lowest BCUT2D eigenvalue weighted by Crippen LogP contribution is -2.12. The quantitative estimate of drug-likeness (QED) is 0.665. The molecule has 25 heavy (non-hydrogen) atoms. The Labute approximate surface area is 152 Å². The minimum atomic E-state index is -3.91. The van der Waals surface area contributed by atoms with E-state index in [1.165, 1.54) is 18.2 Å². The van der Waals surface area contributed by atoms with Gasteiger partial charge in [0.05, 0.1) is 16.8 Å². The first-order valence-corrected chi connectivity index (χ1v) is 10.1. The van der Waals surface area contributed by atoms with Crippen molar-refractivity contribution in [1.29, 1.82) is 0 Å². The highest BCUT2D eigenvalue weighted by Gasteiger charge is 2.29. The normalized spacial score (nSPS) is 14.6. The molecule has 1 saturated carbocycles. The molecule has 1 fully saturated rings. The van der Waals surface area contributed by atoms with E-state index in [1.54, 1.807) is 12.3 Å². The summed E-state index contributed by atoms with van der Waals surface area (Å²) in [7, 11) is -3.91. The summed E-state index contributed by atoms with van der Waals surface area (Å²) in [6.07, 6.45) is 3.74. The van der Waals surface area contributed by atoms with Gasteiger partial charge in [0.15, 0.2) is 11.7 Å². The highest BCUT2D eigenvalue weighted by molar-refractivity contribution is 7.94. The van der Waals surface area contributed by atoms with Gasteiger partial charge in [0.1, 0.15) is 10.0 Å². The van der Waals surface area contributed by atoms with Crippen LogP contribution in [-0.4, -0.2) is 13.4 Å². The topological polar surface area (TPSA) is 72.2 Å². The molecule has 0 spiro atoms. The van der Waals surface area contributed by atoms with E-state index in [4.69, 9.17) is 16.0 Å². The zero-order valence-electron chi connectivity index (χ0n) is 12.7. The fourth-order valence-electron chi connectivity index (χ4n) is 2.28. The number of hydrogen-bond acceptors (Lipinski definition) is 5. The van der Waals surface area contributed by atoms with Crippen molar-refractivity contribution in [2.45, 2.75) is 23.0 Å². The number of hydrogen-bond donors (Lipinski definition) is 1. The molecular weight excluding hydrogens is 387 g/mol. The molecule has 130 valence electrons. The van der Waals surface area contributed by atoms with Gasteiger partial charge in [-0.2, -0.15) is 0 Å². The number of nitrogens with zero attached hydrogens (tertiary/aromatic N) is 1. The molecule has 0 bridgehead atoms. The van der Waals surface area contributed by atoms with Crippen molar-refractivity contribution in [2.75, 3.05) is 4.72 Å². The number of halogens is 2. The van der Waals surface area contributed by atoms with Crippen LogP contribution >= 0.6 is 22.9 Å². The summed E-state index contributed by atoms with van der Waals surface area (Å²) in [6.45, 7) is 0. The van der Waals surface area contributed by atoms with E-state index >= 15 is 0 Å². The summed E-state index contributed by atoms with van der Waals surface area (Å²) in [5, 5.41) is 0.190. The second kappa shape index (κ2) is 6.12. The van der Waals surface area contributed by atoms with Crippen molar-refractivity contribution in [3.63, 3.8) is 0 Å². The van der Waals surface area contributed by atoms with Gasteiger partial charge >= 0.3 is 0 Å². The lowest BCUT2D eigenvalue weighted by Gasteiger charge is -2.07. The van der Waals surface area contributed by atoms with Crippen LogP contribution in [0.15, 0.2) is 45.2 Å². The summed E-state index contributed by atoms with van der Waals surface area (Å²) in [5.74, 6) is 0.865. The first kappa shape index (κ1) is 16.6. The highest BCUT2D eigenvalue weighted by Crippen LogP contribution is 2.41. The van der Waals surface area contributed by atoms with Gasteiger partial charge in [0.2, 0.25) is 0 Å². The van der Waals surface area contributed by atoms with Gasteiger partial charge in [-0.3, -0.25) is 4.72 Å². The molecule has 9 heteroatoms. The molecule has 1 aromatic carbocycles. The lowest BCUT2D eigenvalue weighted by molar-refractivity contribution is 0.510. The summed E-state index contributed by atoms with van der Waals surface area (Å²) >= 11 is 6.71. The number of benzene rings is 1.